The van der Waals surface area contributed by atoms with Crippen molar-refractivity contribution in [3.05, 3.63) is 48.5 Å². The molecule has 0 spiro atoms. The van der Waals surface area contributed by atoms with Crippen LogP contribution in [0.5, 0.6) is 17.2 Å². The van der Waals surface area contributed by atoms with Crippen LogP contribution in [0.1, 0.15) is 13.8 Å². The molecule has 2 aromatic carbocycles. The predicted molar refractivity (Wildman–Crippen MR) is 85.8 cm³/mol. The fourth-order valence-corrected chi connectivity index (χ4v) is 1.94. The molecule has 0 aliphatic heterocycles. The maximum absolute atomic E-state index is 5.86. The van der Waals surface area contributed by atoms with E-state index in [0.29, 0.717) is 6.71 Å². The van der Waals surface area contributed by atoms with E-state index < -0.39 is 0 Å². The van der Waals surface area contributed by atoms with Gasteiger partial charge < -0.3 is 9.47 Å². The van der Waals surface area contributed by atoms with E-state index in [9.17, 15) is 0 Å². The van der Waals surface area contributed by atoms with Gasteiger partial charge in [-0.3, -0.25) is 0 Å². The Hall–Kier alpha value is -1.90. The molecule has 0 bridgehead atoms. The minimum Gasteiger partial charge on any atom is -0.491 e. The summed E-state index contributed by atoms with van der Waals surface area (Å²) in [7, 11) is 0. The predicted octanol–water partition coefficient (Wildman–Crippen LogP) is 4.23. The van der Waals surface area contributed by atoms with Crippen molar-refractivity contribution in [2.24, 2.45) is 0 Å². The quantitative estimate of drug-likeness (QED) is 0.755. The first-order chi connectivity index (χ1) is 9.54. The van der Waals surface area contributed by atoms with Crippen molar-refractivity contribution >= 4 is 12.2 Å². The van der Waals surface area contributed by atoms with Crippen LogP contribution in [0.2, 0.25) is 13.6 Å². The summed E-state index contributed by atoms with van der Waals surface area (Å²) < 4.78 is 11.5. The highest BCUT2D eigenvalue weighted by atomic mass is 16.5. The van der Waals surface area contributed by atoms with E-state index in [0.717, 1.165) is 17.2 Å². The van der Waals surface area contributed by atoms with Gasteiger partial charge in [-0.2, -0.15) is 0 Å². The fraction of sp³-hybridized carbons (Fsp3) is 0.294. The van der Waals surface area contributed by atoms with Crippen molar-refractivity contribution in [1.29, 1.82) is 0 Å². The molecule has 0 aromatic heterocycles. The zero-order valence-corrected chi connectivity index (χ0v) is 12.6. The summed E-state index contributed by atoms with van der Waals surface area (Å²) in [6.07, 6.45) is 0.163. The molecule has 2 nitrogen and oxygen atoms in total. The lowest BCUT2D eigenvalue weighted by atomic mass is 9.49. The molecule has 0 saturated heterocycles. The molecule has 20 heavy (non-hydrogen) atoms. The third-order valence-electron chi connectivity index (χ3n) is 2.96. The van der Waals surface area contributed by atoms with Gasteiger partial charge in [0.15, 0.2) is 6.71 Å². The van der Waals surface area contributed by atoms with Crippen LogP contribution in [0.4, 0.5) is 0 Å². The third-order valence-corrected chi connectivity index (χ3v) is 2.96. The van der Waals surface area contributed by atoms with Crippen LogP contribution >= 0.6 is 0 Å². The van der Waals surface area contributed by atoms with Crippen LogP contribution in [0.25, 0.3) is 0 Å². The summed E-state index contributed by atoms with van der Waals surface area (Å²) in [5.41, 5.74) is 1.31. The Morgan fingerprint density at radius 1 is 0.850 bits per heavy atom. The summed E-state index contributed by atoms with van der Waals surface area (Å²) in [4.78, 5) is 0. The highest BCUT2D eigenvalue weighted by molar-refractivity contribution is 6.70. The van der Waals surface area contributed by atoms with Gasteiger partial charge in [-0.1, -0.05) is 37.3 Å². The monoisotopic (exact) mass is 268 g/mol. The fourth-order valence-electron chi connectivity index (χ4n) is 1.94. The number of ether oxygens (including phenoxy) is 2. The second-order valence-corrected chi connectivity index (χ2v) is 5.47. The third kappa shape index (κ3) is 4.05. The van der Waals surface area contributed by atoms with Crippen LogP contribution in [0.15, 0.2) is 48.5 Å². The van der Waals surface area contributed by atoms with Crippen LogP contribution in [0.3, 0.4) is 0 Å². The van der Waals surface area contributed by atoms with Gasteiger partial charge >= 0.3 is 0 Å². The number of benzene rings is 2. The molecule has 0 saturated carbocycles. The molecule has 0 heterocycles. The van der Waals surface area contributed by atoms with E-state index in [2.05, 4.69) is 25.8 Å². The summed E-state index contributed by atoms with van der Waals surface area (Å²) in [5, 5.41) is 0. The van der Waals surface area contributed by atoms with Gasteiger partial charge in [0, 0.05) is 6.07 Å². The van der Waals surface area contributed by atoms with E-state index in [1.54, 1.807) is 0 Å². The Labute approximate surface area is 121 Å². The molecule has 0 N–H and O–H groups in total. The first-order valence-electron chi connectivity index (χ1n) is 7.09. The average Bonchev–Trinajstić information content (AvgIpc) is 2.39. The van der Waals surface area contributed by atoms with Gasteiger partial charge in [0.2, 0.25) is 0 Å². The van der Waals surface area contributed by atoms with Crippen molar-refractivity contribution in [3.63, 3.8) is 0 Å². The molecule has 0 atom stereocenters. The molecule has 0 amide bonds. The van der Waals surface area contributed by atoms with Gasteiger partial charge in [-0.05, 0) is 38.1 Å². The summed E-state index contributed by atoms with van der Waals surface area (Å²) >= 11 is 0. The Balaban J connectivity index is 2.09. The van der Waals surface area contributed by atoms with E-state index >= 15 is 0 Å². The molecular weight excluding hydrogens is 247 g/mol. The van der Waals surface area contributed by atoms with E-state index in [1.165, 1.54) is 5.46 Å². The van der Waals surface area contributed by atoms with Crippen molar-refractivity contribution in [3.8, 4) is 17.2 Å². The molecule has 0 radical (unpaired) electrons. The molecule has 104 valence electrons. The normalized spacial score (nSPS) is 10.4. The zero-order valence-electron chi connectivity index (χ0n) is 12.6. The molecule has 0 fully saturated rings. The highest BCUT2D eigenvalue weighted by Crippen LogP contribution is 2.25. The Morgan fingerprint density at radius 3 is 2.10 bits per heavy atom. The van der Waals surface area contributed by atoms with E-state index in [1.807, 2.05) is 50.2 Å². The Kier molecular flexibility index (Phi) is 4.72. The minimum atomic E-state index is 0.163. The maximum Gasteiger partial charge on any atom is 0.169 e. The van der Waals surface area contributed by atoms with Gasteiger partial charge in [0.25, 0.3) is 0 Å². The van der Waals surface area contributed by atoms with E-state index in [-0.39, 0.29) is 6.10 Å². The summed E-state index contributed by atoms with van der Waals surface area (Å²) in [6.45, 7) is 8.92. The SMILES string of the molecule is CB(C)c1ccc(Oc2cccc(OC(C)C)c2)cc1. The lowest BCUT2D eigenvalue weighted by Gasteiger charge is -2.12. The number of rotatable bonds is 5. The average molecular weight is 268 g/mol. The number of hydrogen-bond donors (Lipinski definition) is 0. The van der Waals surface area contributed by atoms with E-state index in [4.69, 9.17) is 9.47 Å². The molecule has 3 heteroatoms. The maximum atomic E-state index is 5.86. The molecule has 0 unspecified atom stereocenters. The molecule has 2 rings (SSSR count). The van der Waals surface area contributed by atoms with Gasteiger partial charge in [0.1, 0.15) is 17.2 Å². The van der Waals surface area contributed by atoms with Gasteiger partial charge in [0.05, 0.1) is 6.10 Å². The Morgan fingerprint density at radius 2 is 1.50 bits per heavy atom. The summed E-state index contributed by atoms with van der Waals surface area (Å²) in [6, 6.07) is 15.9. The van der Waals surface area contributed by atoms with Crippen LogP contribution in [-0.2, 0) is 0 Å². The first-order valence-corrected chi connectivity index (χ1v) is 7.09. The molecule has 2 aromatic rings. The lowest BCUT2D eigenvalue weighted by molar-refractivity contribution is 0.241. The standard InChI is InChI=1S/C17H21BO2/c1-13(2)19-16-6-5-7-17(12-16)20-15-10-8-14(9-11-15)18(3)4/h5-13H,1-4H3. The van der Waals surface area contributed by atoms with Crippen LogP contribution < -0.4 is 14.9 Å². The van der Waals surface area contributed by atoms with Crippen molar-refractivity contribution in [2.45, 2.75) is 33.6 Å². The summed E-state index contributed by atoms with van der Waals surface area (Å²) in [5.74, 6) is 2.47. The second kappa shape index (κ2) is 6.51. The van der Waals surface area contributed by atoms with Crippen molar-refractivity contribution in [1.82, 2.24) is 0 Å². The van der Waals surface area contributed by atoms with Crippen LogP contribution in [-0.4, -0.2) is 12.8 Å². The van der Waals surface area contributed by atoms with Crippen LogP contribution in [0, 0.1) is 0 Å². The number of hydrogen-bond acceptors (Lipinski definition) is 2. The second-order valence-electron chi connectivity index (χ2n) is 5.47. The van der Waals surface area contributed by atoms with Gasteiger partial charge in [-0.15, -0.1) is 0 Å². The highest BCUT2D eigenvalue weighted by Gasteiger charge is 2.04. The first kappa shape index (κ1) is 14.5. The zero-order chi connectivity index (χ0) is 14.5. The Bertz CT molecular complexity index is 547. The lowest BCUT2D eigenvalue weighted by Crippen LogP contribution is -2.21. The minimum absolute atomic E-state index is 0.163. The topological polar surface area (TPSA) is 18.5 Å². The largest absolute Gasteiger partial charge is 0.491 e. The van der Waals surface area contributed by atoms with Crippen molar-refractivity contribution in [2.75, 3.05) is 0 Å². The van der Waals surface area contributed by atoms with Crippen molar-refractivity contribution < 1.29 is 9.47 Å². The molecule has 0 aliphatic carbocycles. The molecular formula is C17H21BO2. The smallest absolute Gasteiger partial charge is 0.169 e. The van der Waals surface area contributed by atoms with Gasteiger partial charge in [-0.25, -0.2) is 0 Å². The molecule has 0 aliphatic rings.